The number of benzene rings is 3. The Labute approximate surface area is 331 Å². The summed E-state index contributed by atoms with van der Waals surface area (Å²) in [5.41, 5.74) is 1.30. The maximum absolute atomic E-state index is 13.3. The largest absolute Gasteiger partial charge is 0.508 e. The number of carbonyl (C=O) groups excluding carboxylic acids is 1. The van der Waals surface area contributed by atoms with Crippen molar-refractivity contribution in [3.8, 4) is 35.3 Å². The molecule has 0 radical (unpaired) electrons. The Balaban J connectivity index is 0.873. The Morgan fingerprint density at radius 2 is 1.09 bits per heavy atom. The second-order valence-electron chi connectivity index (χ2n) is 12.2. The molecule has 0 atom stereocenters. The van der Waals surface area contributed by atoms with Crippen molar-refractivity contribution < 1.29 is 62.4 Å². The van der Waals surface area contributed by atoms with Crippen molar-refractivity contribution >= 4 is 29.0 Å². The molecule has 2 aliphatic rings. The van der Waals surface area contributed by atoms with Crippen LogP contribution in [0.2, 0.25) is 0 Å². The van der Waals surface area contributed by atoms with E-state index in [4.69, 9.17) is 66.0 Å². The van der Waals surface area contributed by atoms with E-state index in [1.807, 2.05) is 0 Å². The molecular formula is C40H48N2O13S. The van der Waals surface area contributed by atoms with E-state index >= 15 is 0 Å². The van der Waals surface area contributed by atoms with E-state index in [9.17, 15) is 15.0 Å². The molecule has 0 amide bonds. The standard InChI is InChI=1S/C40H48N2O13S/c1-2-10-46-12-14-48-16-18-50-20-22-52-24-25-53-23-21-51-19-17-49-15-13-47-11-9-41-39(56)42-29-3-6-33-32(26-29)38(45)55-40(33)34-7-4-30(43)27-36(34)54-37-28-31(44)5-8-35(37)40/h1,3-8,26-28,43-44H,9-25H2,(H2,41,42,56). The van der Waals surface area contributed by atoms with Gasteiger partial charge in [0.25, 0.3) is 0 Å². The first-order valence-electron chi connectivity index (χ1n) is 18.3. The van der Waals surface area contributed by atoms with Gasteiger partial charge in [0.05, 0.1) is 105 Å². The van der Waals surface area contributed by atoms with E-state index in [2.05, 4.69) is 16.6 Å². The van der Waals surface area contributed by atoms with Crippen LogP contribution in [0.3, 0.4) is 0 Å². The lowest BCUT2D eigenvalue weighted by molar-refractivity contribution is -0.0224. The summed E-state index contributed by atoms with van der Waals surface area (Å²) in [7, 11) is 0. The van der Waals surface area contributed by atoms with Crippen LogP contribution in [0.25, 0.3) is 0 Å². The van der Waals surface area contributed by atoms with Gasteiger partial charge in [-0.2, -0.15) is 0 Å². The number of terminal acetylenes is 1. The molecule has 3 aromatic rings. The highest BCUT2D eigenvalue weighted by atomic mass is 32.1. The van der Waals surface area contributed by atoms with Crippen molar-refractivity contribution in [3.05, 3.63) is 76.9 Å². The molecule has 4 N–H and O–H groups in total. The van der Waals surface area contributed by atoms with E-state index in [-0.39, 0.29) is 11.5 Å². The number of aromatic hydroxyl groups is 2. The van der Waals surface area contributed by atoms with Gasteiger partial charge in [0.2, 0.25) is 0 Å². The number of rotatable bonds is 26. The van der Waals surface area contributed by atoms with Crippen LogP contribution in [0.1, 0.15) is 27.0 Å². The van der Waals surface area contributed by atoms with Crippen molar-refractivity contribution in [2.45, 2.75) is 5.60 Å². The fourth-order valence-electron chi connectivity index (χ4n) is 5.87. The molecule has 0 fully saturated rings. The van der Waals surface area contributed by atoms with E-state index in [1.165, 1.54) is 24.3 Å². The van der Waals surface area contributed by atoms with Gasteiger partial charge in [-0.3, -0.25) is 0 Å². The lowest BCUT2D eigenvalue weighted by Crippen LogP contribution is -2.33. The Morgan fingerprint density at radius 3 is 1.57 bits per heavy atom. The average Bonchev–Trinajstić information content (AvgIpc) is 3.47. The monoisotopic (exact) mass is 796 g/mol. The van der Waals surface area contributed by atoms with Crippen LogP contribution in [-0.2, 0) is 48.2 Å². The van der Waals surface area contributed by atoms with Gasteiger partial charge >= 0.3 is 5.97 Å². The van der Waals surface area contributed by atoms with E-state index in [0.29, 0.717) is 157 Å². The van der Waals surface area contributed by atoms with E-state index in [1.54, 1.807) is 30.3 Å². The number of ether oxygens (including phenoxy) is 10. The molecule has 3 aromatic carbocycles. The number of anilines is 1. The molecule has 16 heteroatoms. The van der Waals surface area contributed by atoms with Gasteiger partial charge in [0.15, 0.2) is 10.7 Å². The maximum Gasteiger partial charge on any atom is 0.340 e. The van der Waals surface area contributed by atoms with Crippen molar-refractivity contribution in [2.24, 2.45) is 0 Å². The first-order chi connectivity index (χ1) is 27.4. The lowest BCUT2D eigenvalue weighted by Gasteiger charge is -2.36. The third-order valence-electron chi connectivity index (χ3n) is 8.35. The average molecular weight is 797 g/mol. The summed E-state index contributed by atoms with van der Waals surface area (Å²) in [4.78, 5) is 13.3. The lowest BCUT2D eigenvalue weighted by atomic mass is 9.77. The fraction of sp³-hybridized carbons (Fsp3) is 0.450. The summed E-state index contributed by atoms with van der Waals surface area (Å²) >= 11 is 5.46. The molecule has 1 spiro atoms. The summed E-state index contributed by atoms with van der Waals surface area (Å²) in [5.74, 6) is 2.46. The molecule has 0 unspecified atom stereocenters. The molecule has 56 heavy (non-hydrogen) atoms. The van der Waals surface area contributed by atoms with Crippen LogP contribution < -0.4 is 15.4 Å². The zero-order chi connectivity index (χ0) is 39.4. The molecule has 0 saturated carbocycles. The minimum atomic E-state index is -1.33. The first kappa shape index (κ1) is 42.6. The second-order valence-corrected chi connectivity index (χ2v) is 12.6. The molecular weight excluding hydrogens is 749 g/mol. The second kappa shape index (κ2) is 22.9. The van der Waals surface area contributed by atoms with Gasteiger partial charge in [0, 0.05) is 41.1 Å². The minimum Gasteiger partial charge on any atom is -0.508 e. The van der Waals surface area contributed by atoms with Crippen molar-refractivity contribution in [1.29, 1.82) is 0 Å². The van der Waals surface area contributed by atoms with Crippen LogP contribution in [0.5, 0.6) is 23.0 Å². The molecule has 15 nitrogen and oxygen atoms in total. The Morgan fingerprint density at radius 1 is 0.643 bits per heavy atom. The van der Waals surface area contributed by atoms with Crippen molar-refractivity contribution in [2.75, 3.05) is 118 Å². The maximum atomic E-state index is 13.3. The van der Waals surface area contributed by atoms with Gasteiger partial charge in [-0.15, -0.1) is 6.42 Å². The van der Waals surface area contributed by atoms with Gasteiger partial charge in [-0.25, -0.2) is 4.79 Å². The summed E-state index contributed by atoms with van der Waals surface area (Å²) in [6, 6.07) is 14.5. The van der Waals surface area contributed by atoms with Gasteiger partial charge < -0.3 is 68.2 Å². The van der Waals surface area contributed by atoms with E-state index in [0.717, 1.165) is 0 Å². The SMILES string of the molecule is C#CCOCCOCCOCCOCCOCCOCCOCCOCCNC(=S)Nc1ccc2c(c1)C(=O)OC21c2ccc(O)cc2Oc2cc(O)ccc21. The number of phenols is 2. The molecule has 2 aliphatic heterocycles. The molecule has 2 heterocycles. The zero-order valence-corrected chi connectivity index (χ0v) is 31.9. The highest BCUT2D eigenvalue weighted by molar-refractivity contribution is 7.80. The topological polar surface area (TPSA) is 174 Å². The number of esters is 1. The van der Waals surface area contributed by atoms with Crippen LogP contribution in [0.4, 0.5) is 5.69 Å². The summed E-state index contributed by atoms with van der Waals surface area (Å²) in [6.07, 6.45) is 5.09. The number of fused-ring (bicyclic) bond motifs is 6. The Bertz CT molecular complexity index is 1720. The normalized spacial score (nSPS) is 13.3. The molecule has 5 rings (SSSR count). The van der Waals surface area contributed by atoms with Crippen molar-refractivity contribution in [3.63, 3.8) is 0 Å². The first-order valence-corrected chi connectivity index (χ1v) is 18.7. The summed E-state index contributed by atoms with van der Waals surface area (Å²) in [5, 5.41) is 26.8. The van der Waals surface area contributed by atoms with Gasteiger partial charge in [-0.05, 0) is 48.6 Å². The van der Waals surface area contributed by atoms with E-state index < -0.39 is 11.6 Å². The van der Waals surface area contributed by atoms with Crippen LogP contribution in [0, 0.1) is 12.3 Å². The van der Waals surface area contributed by atoms with Crippen molar-refractivity contribution in [1.82, 2.24) is 5.32 Å². The predicted octanol–water partition coefficient (Wildman–Crippen LogP) is 3.72. The minimum absolute atomic E-state index is 0.0114. The van der Waals surface area contributed by atoms with Crippen LogP contribution in [-0.4, -0.2) is 134 Å². The number of hydrogen-bond acceptors (Lipinski definition) is 14. The predicted molar refractivity (Wildman–Crippen MR) is 208 cm³/mol. The van der Waals surface area contributed by atoms with Gasteiger partial charge in [0.1, 0.15) is 29.6 Å². The zero-order valence-electron chi connectivity index (χ0n) is 31.1. The quantitative estimate of drug-likeness (QED) is 0.0400. The molecule has 0 saturated heterocycles. The number of nitrogens with one attached hydrogen (secondary N) is 2. The van der Waals surface area contributed by atoms with Crippen LogP contribution in [0.15, 0.2) is 54.6 Å². The summed E-state index contributed by atoms with van der Waals surface area (Å²) < 4.78 is 55.6. The fourth-order valence-corrected chi connectivity index (χ4v) is 6.09. The molecule has 0 aromatic heterocycles. The molecule has 0 aliphatic carbocycles. The highest BCUT2D eigenvalue weighted by Gasteiger charge is 2.53. The molecule has 302 valence electrons. The Kier molecular flexibility index (Phi) is 17.4. The molecule has 0 bridgehead atoms. The van der Waals surface area contributed by atoms with Gasteiger partial charge in [-0.1, -0.05) is 12.0 Å². The third kappa shape index (κ3) is 12.2. The third-order valence-corrected chi connectivity index (χ3v) is 8.60. The smallest absolute Gasteiger partial charge is 0.340 e. The number of carbonyl (C=O) groups is 1. The number of phenolic OH excluding ortho intramolecular Hbond substituents is 2. The number of hydrogen-bond donors (Lipinski definition) is 4. The Hall–Kier alpha value is -4.54. The summed E-state index contributed by atoms with van der Waals surface area (Å²) in [6.45, 7) is 7.69. The number of thiocarbonyl (C=S) groups is 1. The van der Waals surface area contributed by atoms with Crippen LogP contribution >= 0.6 is 12.2 Å². The highest BCUT2D eigenvalue weighted by Crippen LogP contribution is 2.57.